The van der Waals surface area contributed by atoms with Crippen LogP contribution in [0.4, 0.5) is 5.69 Å². The van der Waals surface area contributed by atoms with Crippen LogP contribution in [-0.4, -0.2) is 24.9 Å². The van der Waals surface area contributed by atoms with Crippen LogP contribution in [0.25, 0.3) is 0 Å². The molecule has 4 heteroatoms. The second-order valence-corrected chi connectivity index (χ2v) is 6.19. The lowest BCUT2D eigenvalue weighted by Gasteiger charge is -2.28. The number of nitrogens with one attached hydrogen (secondary N) is 2. The van der Waals surface area contributed by atoms with Crippen LogP contribution in [0, 0.1) is 0 Å². The van der Waals surface area contributed by atoms with Crippen molar-refractivity contribution in [3.05, 3.63) is 59.7 Å². The molecular formula is C19H20N2O2. The van der Waals surface area contributed by atoms with Crippen LogP contribution in [0.3, 0.4) is 0 Å². The molecule has 0 radical (unpaired) electrons. The van der Waals surface area contributed by atoms with Crippen LogP contribution in [0.2, 0.25) is 0 Å². The average molecular weight is 308 g/mol. The van der Waals surface area contributed by atoms with Crippen molar-refractivity contribution in [3.8, 4) is 5.75 Å². The lowest BCUT2D eigenvalue weighted by molar-refractivity contribution is 0.0990. The van der Waals surface area contributed by atoms with E-state index in [9.17, 15) is 4.79 Å². The number of ketones is 1. The van der Waals surface area contributed by atoms with Crippen molar-refractivity contribution in [3.63, 3.8) is 0 Å². The van der Waals surface area contributed by atoms with E-state index in [1.54, 1.807) is 0 Å². The largest absolute Gasteiger partial charge is 0.482 e. The predicted molar refractivity (Wildman–Crippen MR) is 90.1 cm³/mol. The van der Waals surface area contributed by atoms with Crippen LogP contribution in [0.15, 0.2) is 48.5 Å². The van der Waals surface area contributed by atoms with Gasteiger partial charge in [-0.1, -0.05) is 30.3 Å². The molecule has 2 aliphatic rings. The predicted octanol–water partition coefficient (Wildman–Crippen LogP) is 3.17. The first-order valence-corrected chi connectivity index (χ1v) is 8.16. The van der Waals surface area contributed by atoms with E-state index in [0.29, 0.717) is 19.1 Å². The number of Topliss-reactive ketones (excluding diaryl/α,β-unsaturated/α-hetero) is 1. The summed E-state index contributed by atoms with van der Waals surface area (Å²) in [6.45, 7) is 1.12. The second-order valence-electron chi connectivity index (χ2n) is 6.19. The quantitative estimate of drug-likeness (QED) is 0.833. The Hall–Kier alpha value is -2.33. The Labute approximate surface area is 135 Å². The summed E-state index contributed by atoms with van der Waals surface area (Å²) in [4.78, 5) is 12.2. The van der Waals surface area contributed by atoms with Crippen LogP contribution < -0.4 is 15.4 Å². The molecule has 0 bridgehead atoms. The highest BCUT2D eigenvalue weighted by Gasteiger charge is 2.23. The molecule has 2 N–H and O–H groups in total. The van der Waals surface area contributed by atoms with Crippen molar-refractivity contribution < 1.29 is 9.53 Å². The third-order valence-electron chi connectivity index (χ3n) is 4.35. The number of hydrogen-bond donors (Lipinski definition) is 2. The Kier molecular flexibility index (Phi) is 3.75. The Morgan fingerprint density at radius 2 is 2.00 bits per heavy atom. The van der Waals surface area contributed by atoms with Crippen molar-refractivity contribution in [2.75, 3.05) is 18.4 Å². The van der Waals surface area contributed by atoms with E-state index in [1.165, 1.54) is 12.8 Å². The smallest absolute Gasteiger partial charge is 0.176 e. The molecule has 2 aromatic rings. The molecule has 4 rings (SSSR count). The molecule has 1 fully saturated rings. The maximum Gasteiger partial charge on any atom is 0.176 e. The van der Waals surface area contributed by atoms with Crippen LogP contribution in [0.1, 0.15) is 34.9 Å². The molecule has 1 saturated carbocycles. The first kappa shape index (κ1) is 14.3. The molecule has 2 aromatic carbocycles. The summed E-state index contributed by atoms with van der Waals surface area (Å²) < 4.78 is 6.07. The van der Waals surface area contributed by atoms with Gasteiger partial charge in [0.15, 0.2) is 5.78 Å². The molecule has 118 valence electrons. The van der Waals surface area contributed by atoms with Crippen molar-refractivity contribution >= 4 is 11.5 Å². The van der Waals surface area contributed by atoms with E-state index in [1.807, 2.05) is 36.4 Å². The number of carbonyl (C=O) groups excluding carboxylic acids is 1. The highest BCUT2D eigenvalue weighted by atomic mass is 16.5. The topological polar surface area (TPSA) is 50.4 Å². The molecule has 0 spiro atoms. The lowest BCUT2D eigenvalue weighted by Crippen LogP contribution is -2.26. The molecule has 1 aliphatic heterocycles. The summed E-state index contributed by atoms with van der Waals surface area (Å²) in [7, 11) is 0. The Morgan fingerprint density at radius 3 is 2.78 bits per heavy atom. The number of benzene rings is 2. The van der Waals surface area contributed by atoms with Gasteiger partial charge >= 0.3 is 0 Å². The molecule has 1 unspecified atom stereocenters. The third-order valence-corrected chi connectivity index (χ3v) is 4.35. The first-order chi connectivity index (χ1) is 11.3. The molecule has 4 nitrogen and oxygen atoms in total. The SMILES string of the molecule is O=C(CNC1CC1)c1ccc2c(c1)NCC(c1ccccc1)O2. The summed E-state index contributed by atoms with van der Waals surface area (Å²) in [5.74, 6) is 0.934. The summed E-state index contributed by atoms with van der Waals surface area (Å²) in [6.07, 6.45) is 2.38. The third kappa shape index (κ3) is 3.22. The van der Waals surface area contributed by atoms with Gasteiger partial charge in [-0.05, 0) is 36.6 Å². The maximum absolute atomic E-state index is 12.2. The van der Waals surface area contributed by atoms with Gasteiger partial charge in [0.25, 0.3) is 0 Å². The van der Waals surface area contributed by atoms with Gasteiger partial charge in [0.1, 0.15) is 11.9 Å². The van der Waals surface area contributed by atoms with E-state index in [0.717, 1.165) is 22.6 Å². The van der Waals surface area contributed by atoms with Gasteiger partial charge in [0.2, 0.25) is 0 Å². The molecule has 1 atom stereocenters. The fourth-order valence-electron chi connectivity index (χ4n) is 2.82. The van der Waals surface area contributed by atoms with Gasteiger partial charge in [-0.3, -0.25) is 4.79 Å². The highest BCUT2D eigenvalue weighted by molar-refractivity contribution is 5.98. The lowest BCUT2D eigenvalue weighted by atomic mass is 10.1. The fraction of sp³-hybridized carbons (Fsp3) is 0.316. The van der Waals surface area contributed by atoms with Crippen molar-refractivity contribution in [1.29, 1.82) is 0 Å². The summed E-state index contributed by atoms with van der Waals surface area (Å²) in [5.41, 5.74) is 2.78. The van der Waals surface area contributed by atoms with Gasteiger partial charge in [-0.25, -0.2) is 0 Å². The minimum atomic E-state index is 0.00165. The van der Waals surface area contributed by atoms with Crippen molar-refractivity contribution in [2.45, 2.75) is 25.0 Å². The molecule has 0 amide bonds. The van der Waals surface area contributed by atoms with Crippen LogP contribution in [-0.2, 0) is 0 Å². The highest BCUT2D eigenvalue weighted by Crippen LogP contribution is 2.34. The van der Waals surface area contributed by atoms with Gasteiger partial charge in [0, 0.05) is 11.6 Å². The summed E-state index contributed by atoms with van der Waals surface area (Å²) in [6, 6.07) is 16.4. The minimum absolute atomic E-state index is 0.00165. The fourth-order valence-corrected chi connectivity index (χ4v) is 2.82. The van der Waals surface area contributed by atoms with Crippen molar-refractivity contribution in [1.82, 2.24) is 5.32 Å². The Balaban J connectivity index is 1.47. The molecule has 0 aromatic heterocycles. The summed E-state index contributed by atoms with van der Waals surface area (Å²) in [5, 5.41) is 6.65. The van der Waals surface area contributed by atoms with E-state index in [-0.39, 0.29) is 11.9 Å². The zero-order valence-electron chi connectivity index (χ0n) is 12.9. The molecule has 23 heavy (non-hydrogen) atoms. The van der Waals surface area contributed by atoms with Crippen LogP contribution in [0.5, 0.6) is 5.75 Å². The molecule has 0 saturated heterocycles. The summed E-state index contributed by atoms with van der Waals surface area (Å²) >= 11 is 0. The molecular weight excluding hydrogens is 288 g/mol. The van der Waals surface area contributed by atoms with Crippen LogP contribution >= 0.6 is 0 Å². The van der Waals surface area contributed by atoms with E-state index >= 15 is 0 Å². The van der Waals surface area contributed by atoms with E-state index in [2.05, 4.69) is 22.8 Å². The zero-order chi connectivity index (χ0) is 15.6. The Bertz CT molecular complexity index is 711. The minimum Gasteiger partial charge on any atom is -0.482 e. The van der Waals surface area contributed by atoms with Crippen molar-refractivity contribution in [2.24, 2.45) is 0 Å². The van der Waals surface area contributed by atoms with Gasteiger partial charge in [-0.15, -0.1) is 0 Å². The number of hydrogen-bond acceptors (Lipinski definition) is 4. The monoisotopic (exact) mass is 308 g/mol. The van der Waals surface area contributed by atoms with E-state index in [4.69, 9.17) is 4.74 Å². The maximum atomic E-state index is 12.2. The first-order valence-electron chi connectivity index (χ1n) is 8.16. The Morgan fingerprint density at radius 1 is 1.17 bits per heavy atom. The standard InChI is InChI=1S/C19H20N2O2/c22-17(11-20-15-7-8-15)14-6-9-18-16(10-14)21-12-19(23-18)13-4-2-1-3-5-13/h1-6,9-10,15,19-21H,7-8,11-12H2. The molecule has 1 heterocycles. The normalized spacial score (nSPS) is 19.4. The number of fused-ring (bicyclic) bond motifs is 1. The van der Waals surface area contributed by atoms with Gasteiger partial charge < -0.3 is 15.4 Å². The zero-order valence-corrected chi connectivity index (χ0v) is 12.9. The number of anilines is 1. The number of carbonyl (C=O) groups is 1. The number of rotatable bonds is 5. The average Bonchev–Trinajstić information content (AvgIpc) is 3.44. The molecule has 1 aliphatic carbocycles. The van der Waals surface area contributed by atoms with Gasteiger partial charge in [0.05, 0.1) is 18.8 Å². The number of ether oxygens (including phenoxy) is 1. The van der Waals surface area contributed by atoms with E-state index < -0.39 is 0 Å². The second kappa shape index (κ2) is 6.05. The van der Waals surface area contributed by atoms with Gasteiger partial charge in [-0.2, -0.15) is 0 Å².